The Kier molecular flexibility index (Phi) is 7.60. The van der Waals surface area contributed by atoms with Gasteiger partial charge in [0.1, 0.15) is 11.2 Å². The molecule has 2 nitrogen and oxygen atoms in total. The molecule has 2 heteroatoms. The fraction of sp³-hybridized carbons (Fsp3) is 0.0492. The molecule has 1 heterocycles. The third kappa shape index (κ3) is 6.09. The first-order chi connectivity index (χ1) is 32.7. The zero-order valence-electron chi connectivity index (χ0n) is 38.9. The Morgan fingerprint density at radius 1 is 0.397 bits per heavy atom. The highest BCUT2D eigenvalue weighted by atomic mass is 16.3. The Labute approximate surface area is 373 Å². The molecular weight excluding hydrogens is 763 g/mol. The van der Waals surface area contributed by atoms with Gasteiger partial charge in [0.05, 0.1) is 5.48 Å². The number of rotatable bonds is 7. The first-order valence-electron chi connectivity index (χ1n) is 23.5. The van der Waals surface area contributed by atoms with Crippen molar-refractivity contribution in [3.05, 3.63) is 235 Å². The number of anilines is 3. The van der Waals surface area contributed by atoms with Gasteiger partial charge in [0, 0.05) is 38.6 Å². The lowest BCUT2D eigenvalue weighted by atomic mass is 9.79. The Balaban J connectivity index is 0.990. The van der Waals surface area contributed by atoms with E-state index in [-0.39, 0.29) is 40.8 Å². The Morgan fingerprint density at radius 3 is 1.70 bits per heavy atom. The van der Waals surface area contributed by atoms with Gasteiger partial charge in [-0.05, 0) is 121 Å². The van der Waals surface area contributed by atoms with Crippen molar-refractivity contribution < 1.29 is 9.90 Å². The van der Waals surface area contributed by atoms with Gasteiger partial charge in [-0.15, -0.1) is 0 Å². The van der Waals surface area contributed by atoms with Crippen molar-refractivity contribution in [2.75, 3.05) is 4.90 Å². The largest absolute Gasteiger partial charge is 0.455 e. The molecule has 11 aromatic rings. The molecule has 0 atom stereocenters. The third-order valence-corrected chi connectivity index (χ3v) is 13.0. The zero-order valence-corrected chi connectivity index (χ0v) is 34.9. The Morgan fingerprint density at radius 2 is 0.952 bits per heavy atom. The Hall–Kier alpha value is -7.94. The highest BCUT2D eigenvalue weighted by Crippen LogP contribution is 2.52. The minimum absolute atomic E-state index is 0.102. The summed E-state index contributed by atoms with van der Waals surface area (Å²) in [7, 11) is 0. The van der Waals surface area contributed by atoms with Gasteiger partial charge >= 0.3 is 0 Å². The monoisotopic (exact) mass is 809 g/mol. The zero-order chi connectivity index (χ0) is 45.6. The van der Waals surface area contributed by atoms with Gasteiger partial charge in [-0.1, -0.05) is 190 Å². The first kappa shape index (κ1) is 32.8. The molecular formula is C61H43NO. The molecule has 0 unspecified atom stereocenters. The maximum Gasteiger partial charge on any atom is 0.143 e. The molecule has 1 aromatic heterocycles. The molecule has 0 bridgehead atoms. The molecule has 0 saturated carbocycles. The summed E-state index contributed by atoms with van der Waals surface area (Å²) in [6.07, 6.45) is 0. The molecule has 12 rings (SSSR count). The number of hydrogen-bond acceptors (Lipinski definition) is 2. The molecule has 0 aliphatic heterocycles. The van der Waals surface area contributed by atoms with E-state index < -0.39 is 0 Å². The normalized spacial score (nSPS) is 13.6. The molecule has 0 radical (unpaired) electrons. The minimum atomic E-state index is -0.200. The van der Waals surface area contributed by atoms with Crippen molar-refractivity contribution in [3.63, 3.8) is 0 Å². The van der Waals surface area contributed by atoms with Gasteiger partial charge in [-0.3, -0.25) is 0 Å². The summed E-state index contributed by atoms with van der Waals surface area (Å²) >= 11 is 0. The predicted molar refractivity (Wildman–Crippen MR) is 265 cm³/mol. The molecule has 0 amide bonds. The van der Waals surface area contributed by atoms with E-state index in [9.17, 15) is 5.48 Å². The van der Waals surface area contributed by atoms with Crippen molar-refractivity contribution >= 4 is 49.8 Å². The van der Waals surface area contributed by atoms with Crippen molar-refractivity contribution in [2.24, 2.45) is 0 Å². The quantitative estimate of drug-likeness (QED) is 0.159. The lowest BCUT2D eigenvalue weighted by molar-refractivity contribution is 0.662. The van der Waals surface area contributed by atoms with Crippen LogP contribution in [0.2, 0.25) is 0 Å². The number of furan rings is 1. The predicted octanol–water partition coefficient (Wildman–Crippen LogP) is 17.2. The van der Waals surface area contributed by atoms with Crippen LogP contribution >= 0.6 is 0 Å². The second-order valence-corrected chi connectivity index (χ2v) is 16.9. The van der Waals surface area contributed by atoms with Crippen LogP contribution in [0.5, 0.6) is 0 Å². The van der Waals surface area contributed by atoms with Crippen LogP contribution in [0.1, 0.15) is 30.5 Å². The number of benzene rings is 10. The molecule has 298 valence electrons. The van der Waals surface area contributed by atoms with Crippen molar-refractivity contribution in [1.82, 2.24) is 0 Å². The van der Waals surface area contributed by atoms with Gasteiger partial charge in [0.2, 0.25) is 0 Å². The highest BCUT2D eigenvalue weighted by Gasteiger charge is 2.37. The summed E-state index contributed by atoms with van der Waals surface area (Å²) in [4.78, 5) is 1.87. The van der Waals surface area contributed by atoms with Crippen LogP contribution in [0.15, 0.2) is 229 Å². The van der Waals surface area contributed by atoms with Gasteiger partial charge in [0.25, 0.3) is 0 Å². The third-order valence-electron chi connectivity index (χ3n) is 13.0. The molecule has 0 spiro atoms. The fourth-order valence-electron chi connectivity index (χ4n) is 9.89. The lowest BCUT2D eigenvalue weighted by Gasteiger charge is -2.27. The number of hydrogen-bond donors (Lipinski definition) is 0. The van der Waals surface area contributed by atoms with Crippen LogP contribution in [-0.2, 0) is 5.41 Å². The van der Waals surface area contributed by atoms with E-state index in [1.54, 1.807) is 0 Å². The van der Waals surface area contributed by atoms with Crippen LogP contribution in [-0.4, -0.2) is 0 Å². The molecule has 0 fully saturated rings. The molecule has 10 aromatic carbocycles. The Bertz CT molecular complexity index is 3710. The maximum absolute atomic E-state index is 9.64. The van der Waals surface area contributed by atoms with E-state index in [1.165, 1.54) is 22.3 Å². The van der Waals surface area contributed by atoms with Crippen LogP contribution in [0.25, 0.3) is 88.3 Å². The smallest absolute Gasteiger partial charge is 0.143 e. The van der Waals surface area contributed by atoms with Gasteiger partial charge < -0.3 is 9.32 Å². The van der Waals surface area contributed by atoms with Gasteiger partial charge in [0.15, 0.2) is 0 Å². The number of fused-ring (bicyclic) bond motifs is 8. The summed E-state index contributed by atoms with van der Waals surface area (Å²) in [6, 6.07) is 67.6. The molecule has 0 saturated heterocycles. The van der Waals surface area contributed by atoms with Crippen LogP contribution in [0.3, 0.4) is 0 Å². The fourth-order valence-corrected chi connectivity index (χ4v) is 9.89. The van der Waals surface area contributed by atoms with Crippen molar-refractivity contribution in [2.45, 2.75) is 19.3 Å². The summed E-state index contributed by atoms with van der Waals surface area (Å²) < 4.78 is 44.7. The van der Waals surface area contributed by atoms with E-state index in [1.807, 2.05) is 108 Å². The average molecular weight is 810 g/mol. The molecule has 0 N–H and O–H groups in total. The first-order valence-corrected chi connectivity index (χ1v) is 21.5. The molecule has 1 aliphatic carbocycles. The molecule has 1 aliphatic rings. The lowest BCUT2D eigenvalue weighted by Crippen LogP contribution is -2.16. The van der Waals surface area contributed by atoms with E-state index in [2.05, 4.69) is 111 Å². The van der Waals surface area contributed by atoms with E-state index in [0.717, 1.165) is 66.1 Å². The second-order valence-electron chi connectivity index (χ2n) is 16.9. The van der Waals surface area contributed by atoms with E-state index in [0.29, 0.717) is 16.9 Å². The van der Waals surface area contributed by atoms with Crippen LogP contribution in [0, 0.1) is 0 Å². The van der Waals surface area contributed by atoms with Crippen LogP contribution in [0.4, 0.5) is 17.1 Å². The second kappa shape index (κ2) is 14.6. The number of nitrogens with zero attached hydrogens (tertiary/aromatic N) is 1. The standard InChI is InChI=1S/C61H43NO/c1-61(2)56-20-9-8-16-53(56)54-19-10-18-51(59(54)61)46-30-37-49(38-31-46)62(47-33-26-43(27-34-47)42-24-22-41(23-25-42)40-12-4-3-5-13-40)48-35-28-45(29-36-48)50-17-11-21-57-58(50)55-39-32-44-14-6-7-15-52(44)60(55)63-57/h3-39H,1-2H3/i26D,27D,33D,34D. The maximum atomic E-state index is 9.64. The minimum Gasteiger partial charge on any atom is -0.455 e. The summed E-state index contributed by atoms with van der Waals surface area (Å²) in [5.41, 5.74) is 15.3. The van der Waals surface area contributed by atoms with Crippen LogP contribution < -0.4 is 4.90 Å². The van der Waals surface area contributed by atoms with Crippen molar-refractivity contribution in [1.29, 1.82) is 0 Å². The SMILES string of the molecule is [2H]c1c([2H])c(N(c2ccc(-c3cccc4c3C(C)(C)c3ccccc3-4)cc2)c2ccc(-c3cccc4oc5c6ccccc6ccc5c34)cc2)c([2H])c([2H])c1-c1ccc(-c2ccccc2)cc1. The highest BCUT2D eigenvalue weighted by molar-refractivity contribution is 6.19. The summed E-state index contributed by atoms with van der Waals surface area (Å²) in [5.74, 6) is 0. The van der Waals surface area contributed by atoms with E-state index in [4.69, 9.17) is 4.42 Å². The van der Waals surface area contributed by atoms with Crippen molar-refractivity contribution in [3.8, 4) is 55.6 Å². The van der Waals surface area contributed by atoms with Gasteiger partial charge in [-0.25, -0.2) is 0 Å². The topological polar surface area (TPSA) is 16.4 Å². The molecule has 63 heavy (non-hydrogen) atoms. The average Bonchev–Trinajstić information content (AvgIpc) is 3.88. The van der Waals surface area contributed by atoms with Gasteiger partial charge in [-0.2, -0.15) is 0 Å². The summed E-state index contributed by atoms with van der Waals surface area (Å²) in [5, 5.41) is 4.28. The van der Waals surface area contributed by atoms with E-state index >= 15 is 0 Å². The summed E-state index contributed by atoms with van der Waals surface area (Å²) in [6.45, 7) is 4.59.